The van der Waals surface area contributed by atoms with E-state index in [0.717, 1.165) is 28.3 Å². The molecule has 0 saturated carbocycles. The summed E-state index contributed by atoms with van der Waals surface area (Å²) in [6, 6.07) is 25.2. The maximum atomic E-state index is 11.0. The van der Waals surface area contributed by atoms with Crippen molar-refractivity contribution in [3.63, 3.8) is 0 Å². The molecule has 0 aliphatic heterocycles. The van der Waals surface area contributed by atoms with Gasteiger partial charge >= 0.3 is 0 Å². The number of hydrogen-bond acceptors (Lipinski definition) is 3. The second-order valence-corrected chi connectivity index (χ2v) is 5.91. The maximum Gasteiger partial charge on any atom is 0.221 e. The zero-order chi connectivity index (χ0) is 18.2. The minimum absolute atomic E-state index is 0.0800. The number of ether oxygens (including phenoxy) is 2. The van der Waals surface area contributed by atoms with E-state index in [1.54, 1.807) is 0 Å². The Balaban J connectivity index is 1.49. The highest BCUT2D eigenvalue weighted by Gasteiger charge is 2.00. The van der Waals surface area contributed by atoms with Crippen LogP contribution in [0.5, 0.6) is 11.5 Å². The molecule has 0 bridgehead atoms. The molecule has 0 unspecified atom stereocenters. The summed E-state index contributed by atoms with van der Waals surface area (Å²) in [5.41, 5.74) is 2.94. The summed E-state index contributed by atoms with van der Waals surface area (Å²) in [6.45, 7) is 2.50. The highest BCUT2D eigenvalue weighted by atomic mass is 16.5. The molecule has 26 heavy (non-hydrogen) atoms. The Morgan fingerprint density at radius 2 is 1.23 bits per heavy atom. The molecular weight excluding hydrogens is 326 g/mol. The van der Waals surface area contributed by atoms with E-state index in [0.29, 0.717) is 13.2 Å². The van der Waals surface area contributed by atoms with Crippen LogP contribution < -0.4 is 14.8 Å². The van der Waals surface area contributed by atoms with E-state index in [-0.39, 0.29) is 5.91 Å². The van der Waals surface area contributed by atoms with E-state index in [2.05, 4.69) is 5.32 Å². The molecule has 132 valence electrons. The smallest absolute Gasteiger partial charge is 0.221 e. The second-order valence-electron chi connectivity index (χ2n) is 5.91. The third-order valence-corrected chi connectivity index (χ3v) is 3.75. The molecule has 3 aromatic carbocycles. The van der Waals surface area contributed by atoms with E-state index in [9.17, 15) is 4.79 Å². The molecule has 1 amide bonds. The van der Waals surface area contributed by atoms with Crippen molar-refractivity contribution in [3.05, 3.63) is 90.0 Å². The fourth-order valence-corrected chi connectivity index (χ4v) is 2.43. The van der Waals surface area contributed by atoms with Crippen molar-refractivity contribution in [3.8, 4) is 11.5 Å². The molecular formula is C22H21NO3. The minimum atomic E-state index is -0.0800. The lowest BCUT2D eigenvalue weighted by Crippen LogP contribution is -2.05. The molecule has 4 heteroatoms. The van der Waals surface area contributed by atoms with Gasteiger partial charge in [0.1, 0.15) is 24.7 Å². The van der Waals surface area contributed by atoms with Crippen LogP contribution in [-0.2, 0) is 18.0 Å². The Bertz CT molecular complexity index is 828. The molecule has 3 rings (SSSR count). The fourth-order valence-electron chi connectivity index (χ4n) is 2.43. The van der Waals surface area contributed by atoms with Crippen LogP contribution in [0.1, 0.15) is 18.1 Å². The third-order valence-electron chi connectivity index (χ3n) is 3.75. The lowest BCUT2D eigenvalue weighted by atomic mass is 10.2. The van der Waals surface area contributed by atoms with Crippen LogP contribution in [0.2, 0.25) is 0 Å². The molecule has 3 aromatic rings. The van der Waals surface area contributed by atoms with Crippen LogP contribution in [0.25, 0.3) is 0 Å². The summed E-state index contributed by atoms with van der Waals surface area (Å²) in [5.74, 6) is 1.51. The Kier molecular flexibility index (Phi) is 5.88. The van der Waals surface area contributed by atoms with Gasteiger partial charge < -0.3 is 14.8 Å². The highest BCUT2D eigenvalue weighted by Crippen LogP contribution is 2.20. The first-order chi connectivity index (χ1) is 12.7. The molecule has 4 nitrogen and oxygen atoms in total. The summed E-state index contributed by atoms with van der Waals surface area (Å²) in [4.78, 5) is 11.0. The predicted molar refractivity (Wildman–Crippen MR) is 102 cm³/mol. The number of nitrogens with one attached hydrogen (secondary N) is 1. The van der Waals surface area contributed by atoms with Gasteiger partial charge in [0.05, 0.1) is 0 Å². The van der Waals surface area contributed by atoms with Crippen LogP contribution in [0.3, 0.4) is 0 Å². The van der Waals surface area contributed by atoms with Crippen LogP contribution >= 0.6 is 0 Å². The molecule has 0 aromatic heterocycles. The van der Waals surface area contributed by atoms with Gasteiger partial charge in [-0.15, -0.1) is 0 Å². The minimum Gasteiger partial charge on any atom is -0.489 e. The Morgan fingerprint density at radius 1 is 0.731 bits per heavy atom. The third kappa shape index (κ3) is 5.38. The molecule has 0 saturated heterocycles. The zero-order valence-corrected chi connectivity index (χ0v) is 14.6. The van der Waals surface area contributed by atoms with Crippen molar-refractivity contribution < 1.29 is 14.3 Å². The topological polar surface area (TPSA) is 47.6 Å². The van der Waals surface area contributed by atoms with Crippen molar-refractivity contribution in [2.75, 3.05) is 5.32 Å². The average molecular weight is 347 g/mol. The zero-order valence-electron chi connectivity index (χ0n) is 14.6. The van der Waals surface area contributed by atoms with Gasteiger partial charge in [0.25, 0.3) is 0 Å². The number of rotatable bonds is 7. The van der Waals surface area contributed by atoms with Crippen molar-refractivity contribution in [1.29, 1.82) is 0 Å². The van der Waals surface area contributed by atoms with Gasteiger partial charge in [-0.3, -0.25) is 4.79 Å². The van der Waals surface area contributed by atoms with Crippen molar-refractivity contribution in [2.45, 2.75) is 20.1 Å². The monoisotopic (exact) mass is 347 g/mol. The largest absolute Gasteiger partial charge is 0.489 e. The van der Waals surface area contributed by atoms with E-state index in [1.807, 2.05) is 78.9 Å². The van der Waals surface area contributed by atoms with Crippen LogP contribution in [-0.4, -0.2) is 5.91 Å². The maximum absolute atomic E-state index is 11.0. The van der Waals surface area contributed by atoms with Crippen LogP contribution in [0, 0.1) is 0 Å². The van der Waals surface area contributed by atoms with E-state index >= 15 is 0 Å². The first-order valence-electron chi connectivity index (χ1n) is 8.45. The normalized spacial score (nSPS) is 10.2. The predicted octanol–water partition coefficient (Wildman–Crippen LogP) is 4.80. The lowest BCUT2D eigenvalue weighted by molar-refractivity contribution is -0.114. The average Bonchev–Trinajstić information content (AvgIpc) is 2.67. The van der Waals surface area contributed by atoms with E-state index < -0.39 is 0 Å². The van der Waals surface area contributed by atoms with Gasteiger partial charge in [-0.2, -0.15) is 0 Å². The molecule has 0 aliphatic carbocycles. The molecule has 0 atom stereocenters. The first kappa shape index (κ1) is 17.5. The number of carbonyl (C=O) groups is 1. The van der Waals surface area contributed by atoms with Crippen molar-refractivity contribution >= 4 is 11.6 Å². The lowest BCUT2D eigenvalue weighted by Gasteiger charge is -2.09. The number of benzene rings is 3. The standard InChI is InChI=1S/C22H21NO3/c1-17(24)23-20-9-7-19(8-10-20)16-26-22-13-11-21(12-14-22)25-15-18-5-3-2-4-6-18/h2-14H,15-16H2,1H3,(H,23,24). The molecule has 0 heterocycles. The van der Waals surface area contributed by atoms with Gasteiger partial charge in [-0.05, 0) is 47.5 Å². The summed E-state index contributed by atoms with van der Waals surface area (Å²) >= 11 is 0. The van der Waals surface area contributed by atoms with E-state index in [1.165, 1.54) is 6.92 Å². The second kappa shape index (κ2) is 8.72. The highest BCUT2D eigenvalue weighted by molar-refractivity contribution is 5.88. The molecule has 0 spiro atoms. The molecule has 0 aliphatic rings. The SMILES string of the molecule is CC(=O)Nc1ccc(COc2ccc(OCc3ccccc3)cc2)cc1. The van der Waals surface area contributed by atoms with Gasteiger partial charge in [0, 0.05) is 12.6 Å². The Morgan fingerprint density at radius 3 is 1.73 bits per heavy atom. The van der Waals surface area contributed by atoms with Crippen LogP contribution in [0.15, 0.2) is 78.9 Å². The first-order valence-corrected chi connectivity index (χ1v) is 8.45. The number of anilines is 1. The van der Waals surface area contributed by atoms with Crippen LogP contribution in [0.4, 0.5) is 5.69 Å². The number of hydrogen-bond donors (Lipinski definition) is 1. The number of amides is 1. The summed E-state index contributed by atoms with van der Waals surface area (Å²) in [5, 5.41) is 2.74. The van der Waals surface area contributed by atoms with Gasteiger partial charge in [-0.25, -0.2) is 0 Å². The number of carbonyl (C=O) groups excluding carboxylic acids is 1. The molecule has 1 N–H and O–H groups in total. The summed E-state index contributed by atoms with van der Waals surface area (Å²) in [7, 11) is 0. The van der Waals surface area contributed by atoms with Crippen molar-refractivity contribution in [2.24, 2.45) is 0 Å². The van der Waals surface area contributed by atoms with Gasteiger partial charge in [0.2, 0.25) is 5.91 Å². The quantitative estimate of drug-likeness (QED) is 0.668. The summed E-state index contributed by atoms with van der Waals surface area (Å²) in [6.07, 6.45) is 0. The Labute approximate surface area is 153 Å². The van der Waals surface area contributed by atoms with Crippen molar-refractivity contribution in [1.82, 2.24) is 0 Å². The Hall–Kier alpha value is -3.27. The van der Waals surface area contributed by atoms with Gasteiger partial charge in [-0.1, -0.05) is 42.5 Å². The molecule has 0 fully saturated rings. The molecule has 0 radical (unpaired) electrons. The summed E-state index contributed by atoms with van der Waals surface area (Å²) < 4.78 is 11.6. The van der Waals surface area contributed by atoms with E-state index in [4.69, 9.17) is 9.47 Å². The van der Waals surface area contributed by atoms with Gasteiger partial charge in [0.15, 0.2) is 0 Å². The fraction of sp³-hybridized carbons (Fsp3) is 0.136.